The van der Waals surface area contributed by atoms with Crippen molar-refractivity contribution < 1.29 is 4.79 Å². The van der Waals surface area contributed by atoms with E-state index in [1.165, 1.54) is 0 Å². The molecule has 1 aliphatic rings. The lowest BCUT2D eigenvalue weighted by molar-refractivity contribution is 0.0995. The summed E-state index contributed by atoms with van der Waals surface area (Å²) >= 11 is 0. The molecule has 9 heteroatoms. The zero-order chi connectivity index (χ0) is 16.6. The molecule has 2 aromatic heterocycles. The molecule has 0 bridgehead atoms. The predicted molar refractivity (Wildman–Crippen MR) is 84.2 cm³/mol. The zero-order valence-corrected chi connectivity index (χ0v) is 13.7. The van der Waals surface area contributed by atoms with Crippen LogP contribution in [-0.4, -0.2) is 48.8 Å². The Hall–Kier alpha value is -2.45. The molecule has 1 aliphatic heterocycles. The monoisotopic (exact) mass is 318 g/mol. The van der Waals surface area contributed by atoms with E-state index in [2.05, 4.69) is 50.7 Å². The Morgan fingerprint density at radius 1 is 1.39 bits per heavy atom. The Morgan fingerprint density at radius 3 is 2.78 bits per heavy atom. The highest BCUT2D eigenvalue weighted by molar-refractivity contribution is 5.90. The molecule has 1 saturated heterocycles. The molecule has 124 valence electrons. The highest BCUT2D eigenvalue weighted by Gasteiger charge is 2.29. The summed E-state index contributed by atoms with van der Waals surface area (Å²) in [4.78, 5) is 13.3. The minimum Gasteiger partial charge on any atom is -0.364 e. The maximum Gasteiger partial charge on any atom is 0.270 e. The van der Waals surface area contributed by atoms with Gasteiger partial charge in [-0.25, -0.2) is 4.68 Å². The number of carbonyl (C=O) groups is 1. The summed E-state index contributed by atoms with van der Waals surface area (Å²) in [6.07, 6.45) is 2.52. The van der Waals surface area contributed by atoms with Crippen molar-refractivity contribution in [3.05, 3.63) is 17.7 Å². The molecule has 0 aromatic carbocycles. The van der Waals surface area contributed by atoms with Gasteiger partial charge in [0.25, 0.3) is 5.91 Å². The van der Waals surface area contributed by atoms with Crippen LogP contribution in [0.1, 0.15) is 55.5 Å². The van der Waals surface area contributed by atoms with E-state index in [4.69, 9.17) is 5.73 Å². The van der Waals surface area contributed by atoms with Gasteiger partial charge in [-0.15, -0.1) is 15.3 Å². The maximum absolute atomic E-state index is 11.1. The topological polar surface area (TPSA) is 108 Å². The van der Waals surface area contributed by atoms with Crippen LogP contribution < -0.4 is 10.6 Å². The van der Waals surface area contributed by atoms with Crippen molar-refractivity contribution in [2.45, 2.75) is 45.7 Å². The van der Waals surface area contributed by atoms with Gasteiger partial charge in [0.2, 0.25) is 5.95 Å². The number of hydrogen-bond donors (Lipinski definition) is 1. The van der Waals surface area contributed by atoms with Crippen LogP contribution in [0.15, 0.2) is 6.20 Å². The van der Waals surface area contributed by atoms with E-state index in [1.807, 2.05) is 0 Å². The Kier molecular flexibility index (Phi) is 4.01. The molecule has 1 amide bonds. The van der Waals surface area contributed by atoms with Gasteiger partial charge in [0.15, 0.2) is 5.69 Å². The van der Waals surface area contributed by atoms with E-state index >= 15 is 0 Å². The molecular formula is C14H22N8O. The summed E-state index contributed by atoms with van der Waals surface area (Å²) < 4.78 is 3.87. The molecular weight excluding hydrogens is 296 g/mol. The van der Waals surface area contributed by atoms with Crippen molar-refractivity contribution in [2.75, 3.05) is 18.0 Å². The average molecular weight is 318 g/mol. The molecule has 2 N–H and O–H groups in total. The number of nitrogens with two attached hydrogens (primary N) is 1. The van der Waals surface area contributed by atoms with Gasteiger partial charge < -0.3 is 10.6 Å². The van der Waals surface area contributed by atoms with E-state index in [9.17, 15) is 4.79 Å². The summed E-state index contributed by atoms with van der Waals surface area (Å²) in [5.41, 5.74) is 5.42. The third-order valence-corrected chi connectivity index (χ3v) is 4.18. The van der Waals surface area contributed by atoms with E-state index in [0.717, 1.165) is 37.8 Å². The highest BCUT2D eigenvalue weighted by atomic mass is 16.1. The summed E-state index contributed by atoms with van der Waals surface area (Å²) in [5.74, 6) is 1.68. The first-order valence-electron chi connectivity index (χ1n) is 7.91. The van der Waals surface area contributed by atoms with E-state index in [1.54, 1.807) is 10.9 Å². The number of aromatic nitrogens is 6. The van der Waals surface area contributed by atoms with E-state index < -0.39 is 5.91 Å². The summed E-state index contributed by atoms with van der Waals surface area (Å²) in [6, 6.07) is 0.153. The summed E-state index contributed by atoms with van der Waals surface area (Å²) in [7, 11) is 0. The first-order chi connectivity index (χ1) is 11.0. The van der Waals surface area contributed by atoms with E-state index in [-0.39, 0.29) is 11.7 Å². The van der Waals surface area contributed by atoms with Crippen LogP contribution >= 0.6 is 0 Å². The third-order valence-electron chi connectivity index (χ3n) is 4.18. The molecule has 1 fully saturated rings. The Bertz CT molecular complexity index is 703. The van der Waals surface area contributed by atoms with Crippen LogP contribution in [0.3, 0.4) is 0 Å². The molecule has 23 heavy (non-hydrogen) atoms. The number of nitrogens with zero attached hydrogens (tertiary/aromatic N) is 7. The largest absolute Gasteiger partial charge is 0.364 e. The molecule has 1 atom stereocenters. The number of primary amides is 1. The number of amides is 1. The first-order valence-corrected chi connectivity index (χ1v) is 7.91. The van der Waals surface area contributed by atoms with Crippen LogP contribution in [-0.2, 0) is 6.54 Å². The molecule has 3 heterocycles. The van der Waals surface area contributed by atoms with Crippen LogP contribution in [0.2, 0.25) is 0 Å². The molecule has 0 saturated carbocycles. The molecule has 0 radical (unpaired) electrons. The second kappa shape index (κ2) is 5.98. The molecule has 0 spiro atoms. The number of rotatable bonds is 5. The lowest BCUT2D eigenvalue weighted by Gasteiger charge is -2.19. The molecule has 1 unspecified atom stereocenters. The van der Waals surface area contributed by atoms with Gasteiger partial charge in [0.1, 0.15) is 5.82 Å². The average Bonchev–Trinajstić information content (AvgIpc) is 3.23. The van der Waals surface area contributed by atoms with Crippen LogP contribution in [0.5, 0.6) is 0 Å². The Balaban J connectivity index is 1.78. The van der Waals surface area contributed by atoms with Crippen molar-refractivity contribution in [1.29, 1.82) is 0 Å². The van der Waals surface area contributed by atoms with Gasteiger partial charge in [0.05, 0.1) is 12.2 Å². The number of anilines is 1. The van der Waals surface area contributed by atoms with Crippen molar-refractivity contribution in [3.63, 3.8) is 0 Å². The number of carbonyl (C=O) groups excluding carboxylic acids is 1. The van der Waals surface area contributed by atoms with Gasteiger partial charge >= 0.3 is 0 Å². The molecule has 3 rings (SSSR count). The normalized spacial score (nSPS) is 18.1. The minimum atomic E-state index is -0.557. The van der Waals surface area contributed by atoms with Crippen LogP contribution in [0.4, 0.5) is 5.95 Å². The van der Waals surface area contributed by atoms with Crippen molar-refractivity contribution in [2.24, 2.45) is 5.73 Å². The van der Waals surface area contributed by atoms with Gasteiger partial charge in [-0.05, 0) is 13.3 Å². The molecule has 2 aromatic rings. The first kappa shape index (κ1) is 15.4. The SMILES string of the molecule is CCn1c(C(C)C)nnc1N1CCC(n2cc(C(N)=O)nn2)C1. The maximum atomic E-state index is 11.1. The predicted octanol–water partition coefficient (Wildman–Crippen LogP) is 0.563. The van der Waals surface area contributed by atoms with Crippen molar-refractivity contribution in [1.82, 2.24) is 29.8 Å². The van der Waals surface area contributed by atoms with Gasteiger partial charge in [-0.3, -0.25) is 9.36 Å². The number of hydrogen-bond acceptors (Lipinski definition) is 6. The highest BCUT2D eigenvalue weighted by Crippen LogP contribution is 2.27. The van der Waals surface area contributed by atoms with Gasteiger partial charge in [-0.1, -0.05) is 19.1 Å². The summed E-state index contributed by atoms with van der Waals surface area (Å²) in [6.45, 7) is 8.81. The van der Waals surface area contributed by atoms with Crippen LogP contribution in [0, 0.1) is 0 Å². The van der Waals surface area contributed by atoms with Gasteiger partial charge in [-0.2, -0.15) is 0 Å². The quantitative estimate of drug-likeness (QED) is 0.863. The molecule has 0 aliphatic carbocycles. The fourth-order valence-corrected chi connectivity index (χ4v) is 2.98. The Labute approximate surface area is 134 Å². The fraction of sp³-hybridized carbons (Fsp3) is 0.643. The standard InChI is InChI=1S/C14H22N8O/c1-4-21-13(9(2)3)17-18-14(21)20-6-5-10(7-20)22-8-11(12(15)23)16-19-22/h8-10H,4-7H2,1-3H3,(H2,15,23). The lowest BCUT2D eigenvalue weighted by Crippen LogP contribution is -2.25. The zero-order valence-electron chi connectivity index (χ0n) is 13.7. The second-order valence-corrected chi connectivity index (χ2v) is 6.09. The van der Waals surface area contributed by atoms with Crippen molar-refractivity contribution >= 4 is 11.9 Å². The van der Waals surface area contributed by atoms with Crippen molar-refractivity contribution in [3.8, 4) is 0 Å². The Morgan fingerprint density at radius 2 is 2.17 bits per heavy atom. The third kappa shape index (κ3) is 2.78. The minimum absolute atomic E-state index is 0.153. The smallest absolute Gasteiger partial charge is 0.270 e. The fourth-order valence-electron chi connectivity index (χ4n) is 2.98. The van der Waals surface area contributed by atoms with E-state index in [0.29, 0.717) is 5.92 Å². The second-order valence-electron chi connectivity index (χ2n) is 6.09. The van der Waals surface area contributed by atoms with Gasteiger partial charge in [0, 0.05) is 25.6 Å². The van der Waals surface area contributed by atoms with Crippen LogP contribution in [0.25, 0.3) is 0 Å². The molecule has 9 nitrogen and oxygen atoms in total. The lowest BCUT2D eigenvalue weighted by atomic mass is 10.2. The summed E-state index contributed by atoms with van der Waals surface area (Å²) in [5, 5.41) is 16.5.